The number of carbonyl (C=O) groups is 4. The van der Waals surface area contributed by atoms with Crippen LogP contribution in [-0.2, 0) is 19.0 Å². The summed E-state index contributed by atoms with van der Waals surface area (Å²) in [5.74, 6) is 1.63. The molecule has 0 bridgehead atoms. The van der Waals surface area contributed by atoms with Crippen molar-refractivity contribution in [2.24, 2.45) is 11.8 Å². The summed E-state index contributed by atoms with van der Waals surface area (Å²) in [5, 5.41) is 11.6. The van der Waals surface area contributed by atoms with Gasteiger partial charge in [-0.1, -0.05) is 25.7 Å². The standard InChI is InChI=1S/C13H22FNO2.C9H16FNO3.C9H14FNO3.C8H14FN/c1-12(2,3)17-11(16)15-8-13(14,9-15)7-6-10-4-5-10;2*1-8(2,3)14-7(13)11-4-9(10,5-11)6-12;9-8(5-10-6-8)4-3-7-1-2-7/h10H,4-9H2,1-3H3;12H,4-6H2,1-3H3;6H,4-5H2,1-3H3;7,10H,1-6H2. The number of amides is 3. The third-order valence-corrected chi connectivity index (χ3v) is 9.53. The molecule has 6 aliphatic rings. The fraction of sp³-hybridized carbons (Fsp3) is 0.897. The molecule has 6 rings (SSSR count). The Hall–Kier alpha value is -2.88. The molecular weight excluding hydrogens is 728 g/mol. The van der Waals surface area contributed by atoms with E-state index in [-0.39, 0.29) is 45.6 Å². The van der Waals surface area contributed by atoms with Crippen LogP contribution in [0, 0.1) is 11.8 Å². The average molecular weight is 795 g/mol. The summed E-state index contributed by atoms with van der Waals surface area (Å²) in [6.45, 7) is 16.4. The van der Waals surface area contributed by atoms with Crippen molar-refractivity contribution in [1.29, 1.82) is 0 Å². The van der Waals surface area contributed by atoms with Crippen LogP contribution in [0.25, 0.3) is 0 Å². The minimum absolute atomic E-state index is 0.0849. The summed E-state index contributed by atoms with van der Waals surface area (Å²) in [7, 11) is 0. The van der Waals surface area contributed by atoms with Crippen LogP contribution in [0.15, 0.2) is 0 Å². The topological polar surface area (TPSA) is 138 Å². The highest BCUT2D eigenvalue weighted by molar-refractivity contribution is 5.75. The van der Waals surface area contributed by atoms with Gasteiger partial charge in [0.1, 0.15) is 28.1 Å². The molecule has 0 aromatic heterocycles. The van der Waals surface area contributed by atoms with Crippen LogP contribution in [-0.4, -0.2) is 143 Å². The lowest BCUT2D eigenvalue weighted by Crippen LogP contribution is -2.63. The van der Waals surface area contributed by atoms with Gasteiger partial charge in [-0.3, -0.25) is 4.79 Å². The van der Waals surface area contributed by atoms with E-state index in [1.54, 1.807) is 41.5 Å². The lowest BCUT2D eigenvalue weighted by molar-refractivity contribution is -0.128. The molecule has 0 aromatic rings. The van der Waals surface area contributed by atoms with Crippen LogP contribution in [0.5, 0.6) is 0 Å². The predicted molar refractivity (Wildman–Crippen MR) is 199 cm³/mol. The van der Waals surface area contributed by atoms with Crippen molar-refractivity contribution in [3.05, 3.63) is 0 Å². The second kappa shape index (κ2) is 17.7. The molecule has 6 fully saturated rings. The van der Waals surface area contributed by atoms with Crippen LogP contribution in [0.4, 0.5) is 31.9 Å². The molecule has 55 heavy (non-hydrogen) atoms. The van der Waals surface area contributed by atoms with Crippen molar-refractivity contribution >= 4 is 24.6 Å². The lowest BCUT2D eigenvalue weighted by atomic mass is 9.90. The minimum atomic E-state index is -1.86. The molecule has 4 saturated heterocycles. The van der Waals surface area contributed by atoms with Gasteiger partial charge in [0.05, 0.1) is 45.9 Å². The number of nitrogens with zero attached hydrogens (tertiary/aromatic N) is 3. The van der Waals surface area contributed by atoms with E-state index >= 15 is 0 Å². The third-order valence-electron chi connectivity index (χ3n) is 9.53. The number of aldehydes is 1. The lowest BCUT2D eigenvalue weighted by Gasteiger charge is -2.44. The van der Waals surface area contributed by atoms with Crippen LogP contribution < -0.4 is 5.32 Å². The van der Waals surface area contributed by atoms with Gasteiger partial charge in [0.2, 0.25) is 5.67 Å². The molecule has 12 nitrogen and oxygen atoms in total. The van der Waals surface area contributed by atoms with Crippen LogP contribution in [0.2, 0.25) is 0 Å². The van der Waals surface area contributed by atoms with Crippen molar-refractivity contribution in [3.8, 4) is 0 Å². The molecule has 3 amide bonds. The number of hydrogen-bond acceptors (Lipinski definition) is 9. The molecule has 4 heterocycles. The smallest absolute Gasteiger partial charge is 0.410 e. The Labute approximate surface area is 324 Å². The molecule has 0 unspecified atom stereocenters. The largest absolute Gasteiger partial charge is 0.444 e. The maximum Gasteiger partial charge on any atom is 0.410 e. The minimum Gasteiger partial charge on any atom is -0.444 e. The van der Waals surface area contributed by atoms with E-state index in [0.29, 0.717) is 19.5 Å². The monoisotopic (exact) mass is 794 g/mol. The summed E-state index contributed by atoms with van der Waals surface area (Å²) in [5.41, 5.74) is -7.12. The highest BCUT2D eigenvalue weighted by Gasteiger charge is 2.49. The quantitative estimate of drug-likeness (QED) is 0.156. The summed E-state index contributed by atoms with van der Waals surface area (Å²) < 4.78 is 68.8. The molecular formula is C39H66F4N4O8. The van der Waals surface area contributed by atoms with Gasteiger partial charge >= 0.3 is 18.3 Å². The number of aliphatic hydroxyl groups excluding tert-OH is 1. The fourth-order valence-electron chi connectivity index (χ4n) is 5.87. The maximum atomic E-state index is 14.1. The first-order chi connectivity index (χ1) is 25.1. The second-order valence-corrected chi connectivity index (χ2v) is 19.3. The Kier molecular flexibility index (Phi) is 15.0. The van der Waals surface area contributed by atoms with Crippen LogP contribution in [0.1, 0.15) is 114 Å². The number of carbonyl (C=O) groups excluding carboxylic acids is 4. The summed E-state index contributed by atoms with van der Waals surface area (Å²) >= 11 is 0. The zero-order valence-electron chi connectivity index (χ0n) is 34.4. The predicted octanol–water partition coefficient (Wildman–Crippen LogP) is 6.71. The molecule has 318 valence electrons. The fourth-order valence-corrected chi connectivity index (χ4v) is 5.87. The van der Waals surface area contributed by atoms with E-state index < -0.39 is 64.4 Å². The van der Waals surface area contributed by atoms with E-state index in [2.05, 4.69) is 5.32 Å². The Bertz CT molecular complexity index is 1300. The van der Waals surface area contributed by atoms with Gasteiger partial charge in [-0.25, -0.2) is 31.9 Å². The Balaban J connectivity index is 0.000000200. The Morgan fingerprint density at radius 1 is 0.618 bits per heavy atom. The number of halogens is 4. The normalized spacial score (nSPS) is 22.8. The van der Waals surface area contributed by atoms with Gasteiger partial charge in [-0.05, 0) is 99.8 Å². The van der Waals surface area contributed by atoms with Crippen molar-refractivity contribution in [1.82, 2.24) is 20.0 Å². The number of likely N-dealkylation sites (tertiary alicyclic amines) is 3. The number of rotatable bonds is 8. The zero-order chi connectivity index (χ0) is 41.7. The first kappa shape index (κ1) is 46.5. The van der Waals surface area contributed by atoms with Crippen molar-refractivity contribution in [2.75, 3.05) is 59.0 Å². The SMILES string of the molecule is CC(C)(C)OC(=O)N1CC(F)(C=O)C1.CC(C)(C)OC(=O)N1CC(F)(CCC2CC2)C1.CC(C)(C)OC(=O)N1CC(F)(CO)C1.FC1(CCC2CC2)CNC1. The molecule has 2 aliphatic carbocycles. The molecule has 4 aliphatic heterocycles. The van der Waals surface area contributed by atoms with Crippen LogP contribution >= 0.6 is 0 Å². The third kappa shape index (κ3) is 16.6. The average Bonchev–Trinajstić information content (AvgIpc) is 3.91. The molecule has 16 heteroatoms. The molecule has 2 N–H and O–H groups in total. The second-order valence-electron chi connectivity index (χ2n) is 19.3. The van der Waals surface area contributed by atoms with Gasteiger partial charge in [0, 0.05) is 13.1 Å². The van der Waals surface area contributed by atoms with Gasteiger partial charge in [-0.15, -0.1) is 0 Å². The molecule has 0 atom stereocenters. The Morgan fingerprint density at radius 3 is 1.22 bits per heavy atom. The number of nitrogens with one attached hydrogen (secondary N) is 1. The molecule has 0 spiro atoms. The number of alkyl halides is 4. The first-order valence-corrected chi connectivity index (χ1v) is 19.5. The Morgan fingerprint density at radius 2 is 0.945 bits per heavy atom. The van der Waals surface area contributed by atoms with Gasteiger partial charge < -0.3 is 39.3 Å². The molecule has 0 aromatic carbocycles. The summed E-state index contributed by atoms with van der Waals surface area (Å²) in [6, 6.07) is 0. The highest BCUT2D eigenvalue weighted by atomic mass is 19.2. The van der Waals surface area contributed by atoms with Gasteiger partial charge in [0.15, 0.2) is 12.0 Å². The van der Waals surface area contributed by atoms with E-state index in [1.807, 2.05) is 20.8 Å². The molecule has 0 radical (unpaired) electrons. The summed E-state index contributed by atoms with van der Waals surface area (Å²) in [4.78, 5) is 48.3. The number of ether oxygens (including phenoxy) is 3. The van der Waals surface area contributed by atoms with Gasteiger partial charge in [-0.2, -0.15) is 0 Å². The zero-order valence-corrected chi connectivity index (χ0v) is 34.4. The van der Waals surface area contributed by atoms with E-state index in [4.69, 9.17) is 19.3 Å². The molecule has 2 saturated carbocycles. The maximum absolute atomic E-state index is 14.1. The van der Waals surface area contributed by atoms with E-state index in [1.165, 1.54) is 40.4 Å². The van der Waals surface area contributed by atoms with Crippen molar-refractivity contribution in [3.63, 3.8) is 0 Å². The van der Waals surface area contributed by atoms with Crippen molar-refractivity contribution in [2.45, 2.75) is 153 Å². The van der Waals surface area contributed by atoms with Crippen LogP contribution in [0.3, 0.4) is 0 Å². The van der Waals surface area contributed by atoms with Crippen molar-refractivity contribution < 1.29 is 56.1 Å². The number of hydrogen-bond donors (Lipinski definition) is 2. The van der Waals surface area contributed by atoms with E-state index in [0.717, 1.165) is 31.1 Å². The number of aliphatic hydroxyl groups is 1. The van der Waals surface area contributed by atoms with Gasteiger partial charge in [0.25, 0.3) is 0 Å². The first-order valence-electron chi connectivity index (χ1n) is 19.5. The van der Waals surface area contributed by atoms with E-state index in [9.17, 15) is 36.7 Å². The highest BCUT2D eigenvalue weighted by Crippen LogP contribution is 2.40. The summed E-state index contributed by atoms with van der Waals surface area (Å²) in [6.07, 6.45) is 7.43.